The highest BCUT2D eigenvalue weighted by Gasteiger charge is 2.20. The van der Waals surface area contributed by atoms with Crippen LogP contribution in [0.15, 0.2) is 11.5 Å². The number of Topliss-reactive ketones (excluding diaryl/α,β-unsaturated/α-hetero) is 1. The van der Waals surface area contributed by atoms with Crippen molar-refractivity contribution < 1.29 is 14.8 Å². The highest BCUT2D eigenvalue weighted by atomic mass is 16.6. The number of nitrogens with zero attached hydrogens (tertiary/aromatic N) is 1. The van der Waals surface area contributed by atoms with Gasteiger partial charge in [-0.2, -0.15) is 0 Å². The molecule has 5 nitrogen and oxygen atoms in total. The van der Waals surface area contributed by atoms with E-state index < -0.39 is 22.2 Å². The molecule has 0 bridgehead atoms. The topological polar surface area (TPSA) is 80.4 Å². The molecule has 0 aromatic carbocycles. The first kappa shape index (κ1) is 8.61. The molecule has 56 valence electrons. The second-order valence-corrected chi connectivity index (χ2v) is 1.75. The van der Waals surface area contributed by atoms with E-state index in [9.17, 15) is 14.9 Å². The van der Waals surface area contributed by atoms with Crippen molar-refractivity contribution in [1.82, 2.24) is 0 Å². The number of aliphatic hydroxyl groups excluding tert-OH is 1. The highest BCUT2D eigenvalue weighted by molar-refractivity contribution is 5.91. The van der Waals surface area contributed by atoms with Crippen LogP contribution in [0.4, 0.5) is 0 Å². The van der Waals surface area contributed by atoms with Crippen LogP contribution in [0, 0.1) is 10.1 Å². The Hall–Kier alpha value is -1.39. The molecule has 1 N–H and O–H groups in total. The van der Waals surface area contributed by atoms with Crippen LogP contribution in [0.1, 0.15) is 13.8 Å². The van der Waals surface area contributed by atoms with Crippen molar-refractivity contribution in [3.05, 3.63) is 21.6 Å². The number of hydrogen-bond acceptors (Lipinski definition) is 4. The zero-order valence-electron chi connectivity index (χ0n) is 5.62. The van der Waals surface area contributed by atoms with Gasteiger partial charge in [0.05, 0.1) is 4.92 Å². The summed E-state index contributed by atoms with van der Waals surface area (Å²) in [7, 11) is 0. The molecule has 0 atom stereocenters. The molecule has 0 unspecified atom stereocenters. The second-order valence-electron chi connectivity index (χ2n) is 1.75. The van der Waals surface area contributed by atoms with Crippen molar-refractivity contribution in [2.45, 2.75) is 13.8 Å². The fourth-order valence-corrected chi connectivity index (χ4v) is 0.515. The number of ketones is 1. The van der Waals surface area contributed by atoms with Gasteiger partial charge < -0.3 is 5.11 Å². The smallest absolute Gasteiger partial charge is 0.348 e. The average molecular weight is 145 g/mol. The summed E-state index contributed by atoms with van der Waals surface area (Å²) in [5.41, 5.74) is -0.750. The minimum atomic E-state index is -0.905. The molecule has 0 fully saturated rings. The maximum absolute atomic E-state index is 10.4. The van der Waals surface area contributed by atoms with Gasteiger partial charge in [0.15, 0.2) is 5.76 Å². The van der Waals surface area contributed by atoms with Gasteiger partial charge in [0.1, 0.15) is 0 Å². The van der Waals surface area contributed by atoms with Crippen molar-refractivity contribution in [2.24, 2.45) is 0 Å². The van der Waals surface area contributed by atoms with Crippen molar-refractivity contribution in [2.75, 3.05) is 0 Å². The lowest BCUT2D eigenvalue weighted by molar-refractivity contribution is -0.421. The van der Waals surface area contributed by atoms with E-state index in [0.717, 1.165) is 13.8 Å². The third-order valence-electron chi connectivity index (χ3n) is 0.859. The zero-order chi connectivity index (χ0) is 8.31. The number of carbonyl (C=O) groups excluding carboxylic acids is 1. The maximum atomic E-state index is 10.4. The summed E-state index contributed by atoms with van der Waals surface area (Å²) < 4.78 is 0. The molecule has 0 aromatic heterocycles. The first-order chi connectivity index (χ1) is 4.46. The largest absolute Gasteiger partial charge is 0.506 e. The predicted octanol–water partition coefficient (Wildman–Crippen LogP) is 0.642. The molecule has 0 rings (SSSR count). The molecular formula is C5H7NO4. The number of nitro groups is 1. The van der Waals surface area contributed by atoms with Gasteiger partial charge in [0.2, 0.25) is 5.78 Å². The normalized spacial score (nSPS) is 12.2. The molecule has 0 amide bonds. The molecular weight excluding hydrogens is 138 g/mol. The van der Waals surface area contributed by atoms with Crippen LogP contribution in [0.2, 0.25) is 0 Å². The third kappa shape index (κ3) is 1.85. The standard InChI is InChI=1S/C5H7NO4/c1-3(7)5(4(2)8)6(9)10/h7H,1-2H3. The molecule has 0 aromatic rings. The van der Waals surface area contributed by atoms with E-state index in [4.69, 9.17) is 5.11 Å². The molecule has 0 aliphatic heterocycles. The molecule has 0 aliphatic carbocycles. The Balaban J connectivity index is 4.79. The van der Waals surface area contributed by atoms with Crippen LogP contribution in [0.3, 0.4) is 0 Å². The van der Waals surface area contributed by atoms with E-state index in [2.05, 4.69) is 0 Å². The predicted molar refractivity (Wildman–Crippen MR) is 33.0 cm³/mol. The maximum Gasteiger partial charge on any atom is 0.348 e. The Bertz CT molecular complexity index is 186. The van der Waals surface area contributed by atoms with Crippen molar-refractivity contribution >= 4 is 5.78 Å². The summed E-state index contributed by atoms with van der Waals surface area (Å²) >= 11 is 0. The summed E-state index contributed by atoms with van der Waals surface area (Å²) in [5, 5.41) is 18.5. The van der Waals surface area contributed by atoms with Crippen LogP contribution in [-0.4, -0.2) is 15.8 Å². The number of carbonyl (C=O) groups is 1. The first-order valence-corrected chi connectivity index (χ1v) is 2.52. The molecule has 0 heterocycles. The van der Waals surface area contributed by atoms with Crippen molar-refractivity contribution in [3.8, 4) is 0 Å². The molecule has 0 aliphatic rings. The van der Waals surface area contributed by atoms with Crippen LogP contribution < -0.4 is 0 Å². The van der Waals surface area contributed by atoms with Crippen LogP contribution in [0.25, 0.3) is 0 Å². The Kier molecular flexibility index (Phi) is 2.54. The van der Waals surface area contributed by atoms with Gasteiger partial charge in [-0.1, -0.05) is 0 Å². The van der Waals surface area contributed by atoms with Crippen LogP contribution >= 0.6 is 0 Å². The lowest BCUT2D eigenvalue weighted by atomic mass is 10.3. The van der Waals surface area contributed by atoms with Gasteiger partial charge in [0, 0.05) is 13.8 Å². The van der Waals surface area contributed by atoms with Gasteiger partial charge in [-0.05, 0) is 0 Å². The molecule has 10 heavy (non-hydrogen) atoms. The molecule has 5 heteroatoms. The lowest BCUT2D eigenvalue weighted by Gasteiger charge is -1.92. The van der Waals surface area contributed by atoms with Gasteiger partial charge in [-0.3, -0.25) is 14.9 Å². The quantitative estimate of drug-likeness (QED) is 0.267. The minimum Gasteiger partial charge on any atom is -0.506 e. The van der Waals surface area contributed by atoms with Gasteiger partial charge >= 0.3 is 5.70 Å². The SMILES string of the molecule is CC(=O)C(=C(C)O)[N+](=O)[O-]. The summed E-state index contributed by atoms with van der Waals surface area (Å²) in [6.07, 6.45) is 0. The number of aliphatic hydroxyl groups is 1. The van der Waals surface area contributed by atoms with Crippen molar-refractivity contribution in [3.63, 3.8) is 0 Å². The first-order valence-electron chi connectivity index (χ1n) is 2.52. The zero-order valence-corrected chi connectivity index (χ0v) is 5.62. The number of rotatable bonds is 2. The molecule has 0 saturated carbocycles. The summed E-state index contributed by atoms with van der Waals surface area (Å²) in [4.78, 5) is 19.4. The number of hydrogen-bond donors (Lipinski definition) is 1. The van der Waals surface area contributed by atoms with E-state index in [0.29, 0.717) is 0 Å². The summed E-state index contributed by atoms with van der Waals surface area (Å²) in [6.45, 7) is 2.12. The summed E-state index contributed by atoms with van der Waals surface area (Å²) in [5.74, 6) is -1.30. The number of allylic oxidation sites excluding steroid dienone is 2. The van der Waals surface area contributed by atoms with Crippen LogP contribution in [0.5, 0.6) is 0 Å². The van der Waals surface area contributed by atoms with Crippen LogP contribution in [-0.2, 0) is 4.79 Å². The van der Waals surface area contributed by atoms with Gasteiger partial charge in [0.25, 0.3) is 0 Å². The minimum absolute atomic E-state index is 0.558. The van der Waals surface area contributed by atoms with E-state index in [1.807, 2.05) is 0 Å². The third-order valence-corrected chi connectivity index (χ3v) is 0.859. The van der Waals surface area contributed by atoms with E-state index in [1.165, 1.54) is 0 Å². The van der Waals surface area contributed by atoms with E-state index in [-0.39, 0.29) is 0 Å². The molecule has 0 spiro atoms. The lowest BCUT2D eigenvalue weighted by Crippen LogP contribution is -2.09. The Morgan fingerprint density at radius 2 is 1.90 bits per heavy atom. The van der Waals surface area contributed by atoms with E-state index >= 15 is 0 Å². The Morgan fingerprint density at radius 1 is 1.50 bits per heavy atom. The Labute approximate surface area is 57.1 Å². The second kappa shape index (κ2) is 2.95. The Morgan fingerprint density at radius 3 is 1.90 bits per heavy atom. The van der Waals surface area contributed by atoms with Gasteiger partial charge in [-0.15, -0.1) is 0 Å². The summed E-state index contributed by atoms with van der Waals surface area (Å²) in [6, 6.07) is 0. The van der Waals surface area contributed by atoms with Crippen molar-refractivity contribution in [1.29, 1.82) is 0 Å². The fourth-order valence-electron chi connectivity index (χ4n) is 0.515. The monoisotopic (exact) mass is 145 g/mol. The van der Waals surface area contributed by atoms with E-state index in [1.54, 1.807) is 0 Å². The highest BCUT2D eigenvalue weighted by Crippen LogP contribution is 2.01. The van der Waals surface area contributed by atoms with Gasteiger partial charge in [-0.25, -0.2) is 0 Å². The molecule has 0 saturated heterocycles. The average Bonchev–Trinajstić information content (AvgIpc) is 1.59. The molecule has 0 radical (unpaired) electrons. The fraction of sp³-hybridized carbons (Fsp3) is 0.400.